The molecular weight excluding hydrogens is 608 g/mol. The molecule has 5 rings (SSSR count). The highest BCUT2D eigenvalue weighted by molar-refractivity contribution is 7.99. The van der Waals surface area contributed by atoms with Crippen LogP contribution >= 0.6 is 11.8 Å². The highest BCUT2D eigenvalue weighted by Gasteiger charge is 2.47. The zero-order valence-electron chi connectivity index (χ0n) is 23.4. The van der Waals surface area contributed by atoms with Crippen LogP contribution < -0.4 is 10.2 Å². The fourth-order valence-electron chi connectivity index (χ4n) is 5.12. The number of nitrogens with zero attached hydrogens (tertiary/aromatic N) is 4. The minimum atomic E-state index is -5.44. The summed E-state index contributed by atoms with van der Waals surface area (Å²) in [7, 11) is 0. The van der Waals surface area contributed by atoms with E-state index in [9.17, 15) is 31.1 Å². The Kier molecular flexibility index (Phi) is 9.68. The van der Waals surface area contributed by atoms with Gasteiger partial charge in [-0.15, -0.1) is 0 Å². The van der Waals surface area contributed by atoms with Crippen molar-refractivity contribution in [1.82, 2.24) is 14.9 Å². The Morgan fingerprint density at radius 3 is 2.34 bits per heavy atom. The van der Waals surface area contributed by atoms with Gasteiger partial charge >= 0.3 is 12.4 Å². The van der Waals surface area contributed by atoms with Crippen LogP contribution in [-0.2, 0) is 17.1 Å². The molecule has 0 spiro atoms. The van der Waals surface area contributed by atoms with E-state index in [1.54, 1.807) is 41.7 Å². The molecule has 3 heterocycles. The molecular formula is C30H29F6N5O2S. The Bertz CT molecular complexity index is 1470. The Hall–Kier alpha value is -3.78. The van der Waals surface area contributed by atoms with Gasteiger partial charge in [0.2, 0.25) is 0 Å². The summed E-state index contributed by atoms with van der Waals surface area (Å²) < 4.78 is 91.3. The fourth-order valence-corrected chi connectivity index (χ4v) is 6.16. The maximum atomic E-state index is 14.3. The second-order valence-corrected chi connectivity index (χ2v) is 11.4. The summed E-state index contributed by atoms with van der Waals surface area (Å²) in [5.74, 6) is -0.500. The van der Waals surface area contributed by atoms with Crippen molar-refractivity contribution in [3.8, 4) is 0 Å². The molecule has 0 aliphatic carbocycles. The number of ketones is 1. The van der Waals surface area contributed by atoms with Gasteiger partial charge in [0.05, 0.1) is 17.3 Å². The number of ether oxygens (including phenoxy) is 1. The van der Waals surface area contributed by atoms with Crippen molar-refractivity contribution in [1.29, 1.82) is 0 Å². The first-order valence-electron chi connectivity index (χ1n) is 13.9. The molecule has 0 unspecified atom stereocenters. The number of hydrogen-bond donors (Lipinski definition) is 1. The Morgan fingerprint density at radius 1 is 0.955 bits per heavy atom. The van der Waals surface area contributed by atoms with Gasteiger partial charge in [-0.1, -0.05) is 17.8 Å². The molecule has 1 N–H and O–H groups in total. The zero-order chi connectivity index (χ0) is 31.3. The summed E-state index contributed by atoms with van der Waals surface area (Å²) in [6.45, 7) is 3.06. The molecule has 2 aromatic carbocycles. The lowest BCUT2D eigenvalue weighted by molar-refractivity contribution is -0.163. The van der Waals surface area contributed by atoms with E-state index in [1.807, 2.05) is 4.90 Å². The maximum Gasteiger partial charge on any atom is 0.418 e. The summed E-state index contributed by atoms with van der Waals surface area (Å²) in [5.41, 5.74) is -4.29. The molecule has 2 saturated heterocycles. The van der Waals surface area contributed by atoms with Crippen molar-refractivity contribution < 1.29 is 35.9 Å². The van der Waals surface area contributed by atoms with E-state index in [-0.39, 0.29) is 6.04 Å². The topological polar surface area (TPSA) is 70.6 Å². The summed E-state index contributed by atoms with van der Waals surface area (Å²) >= 11 is 0.566. The van der Waals surface area contributed by atoms with E-state index < -0.39 is 39.7 Å². The van der Waals surface area contributed by atoms with Gasteiger partial charge < -0.3 is 19.9 Å². The second-order valence-electron chi connectivity index (χ2n) is 10.3. The minimum absolute atomic E-state index is 0.118. The minimum Gasteiger partial charge on any atom is -0.382 e. The van der Waals surface area contributed by atoms with Crippen molar-refractivity contribution >= 4 is 29.1 Å². The van der Waals surface area contributed by atoms with Crippen molar-refractivity contribution in [2.24, 2.45) is 0 Å². The number of hydrogen-bond acceptors (Lipinski definition) is 8. The van der Waals surface area contributed by atoms with Crippen LogP contribution in [0.1, 0.15) is 34.3 Å². The van der Waals surface area contributed by atoms with Crippen LogP contribution in [0.25, 0.3) is 0 Å². The Morgan fingerprint density at radius 2 is 1.68 bits per heavy atom. The first-order chi connectivity index (χ1) is 21.0. The molecule has 0 radical (unpaired) electrons. The summed E-state index contributed by atoms with van der Waals surface area (Å²) in [4.78, 5) is 24.6. The van der Waals surface area contributed by atoms with Crippen molar-refractivity contribution in [2.45, 2.75) is 41.0 Å². The average Bonchev–Trinajstić information content (AvgIpc) is 3.00. The van der Waals surface area contributed by atoms with Crippen LogP contribution in [0.5, 0.6) is 0 Å². The fraction of sp³-hybridized carbons (Fsp3) is 0.367. The van der Waals surface area contributed by atoms with Gasteiger partial charge in [0.25, 0.3) is 0 Å². The third-order valence-corrected chi connectivity index (χ3v) is 8.33. The number of anilines is 2. The largest absolute Gasteiger partial charge is 0.418 e. The van der Waals surface area contributed by atoms with Gasteiger partial charge in [-0.3, -0.25) is 9.78 Å². The number of rotatable bonds is 8. The number of carbonyl (C=O) groups excluding carboxylic acids is 1. The van der Waals surface area contributed by atoms with E-state index in [0.29, 0.717) is 67.6 Å². The quantitative estimate of drug-likeness (QED) is 0.165. The molecule has 2 aliphatic rings. The number of aromatic nitrogens is 2. The summed E-state index contributed by atoms with van der Waals surface area (Å²) in [5, 5.41) is 3.30. The molecule has 2 aliphatic heterocycles. The van der Waals surface area contributed by atoms with Gasteiger partial charge in [-0.05, 0) is 43.2 Å². The number of allylic oxidation sites excluding steroid dienone is 1. The van der Waals surface area contributed by atoms with E-state index in [4.69, 9.17) is 4.74 Å². The summed E-state index contributed by atoms with van der Waals surface area (Å²) in [6.07, 6.45) is -2.37. The van der Waals surface area contributed by atoms with Gasteiger partial charge in [0.1, 0.15) is 5.82 Å². The first-order valence-corrected chi connectivity index (χ1v) is 14.7. The van der Waals surface area contributed by atoms with Crippen LogP contribution in [0, 0.1) is 0 Å². The number of benzene rings is 2. The van der Waals surface area contributed by atoms with Crippen LogP contribution in [0.15, 0.2) is 77.1 Å². The summed E-state index contributed by atoms with van der Waals surface area (Å²) in [6, 6.07) is 8.36. The smallest absolute Gasteiger partial charge is 0.382 e. The zero-order valence-corrected chi connectivity index (χ0v) is 24.2. The number of piperazine rings is 1. The molecule has 2 fully saturated rings. The van der Waals surface area contributed by atoms with Gasteiger partial charge in [-0.25, -0.2) is 4.98 Å². The number of halogens is 6. The van der Waals surface area contributed by atoms with Crippen LogP contribution in [0.3, 0.4) is 0 Å². The number of carbonyl (C=O) groups is 1. The average molecular weight is 638 g/mol. The van der Waals surface area contributed by atoms with Gasteiger partial charge in [-0.2, -0.15) is 26.3 Å². The predicted octanol–water partition coefficient (Wildman–Crippen LogP) is 6.77. The van der Waals surface area contributed by atoms with E-state index in [1.165, 1.54) is 12.3 Å². The molecule has 0 atom stereocenters. The van der Waals surface area contributed by atoms with Gasteiger partial charge in [0.15, 0.2) is 5.78 Å². The monoisotopic (exact) mass is 637 g/mol. The number of nitrogens with one attached hydrogen (secondary N) is 1. The number of alkyl halides is 6. The second kappa shape index (κ2) is 13.5. The maximum absolute atomic E-state index is 14.3. The normalized spacial score (nSPS) is 16.9. The Labute approximate surface area is 254 Å². The van der Waals surface area contributed by atoms with E-state index in [2.05, 4.69) is 15.3 Å². The predicted molar refractivity (Wildman–Crippen MR) is 154 cm³/mol. The lowest BCUT2D eigenvalue weighted by atomic mass is 9.96. The SMILES string of the molecule is O=C(C=CN1CCN(c2cnccn2)CC1)c1ccc(Sc2cccc(NC3CCOCC3)c2)c(C(F)(F)F)c1C(F)(F)F. The Balaban J connectivity index is 1.37. The van der Waals surface area contributed by atoms with Crippen molar-refractivity contribution in [2.75, 3.05) is 49.6 Å². The molecule has 3 aromatic rings. The molecule has 0 amide bonds. The highest BCUT2D eigenvalue weighted by atomic mass is 32.2. The van der Waals surface area contributed by atoms with Crippen molar-refractivity contribution in [3.05, 3.63) is 84.0 Å². The van der Waals surface area contributed by atoms with Crippen LogP contribution in [0.2, 0.25) is 0 Å². The molecule has 1 aromatic heterocycles. The van der Waals surface area contributed by atoms with E-state index in [0.717, 1.165) is 31.1 Å². The molecule has 0 saturated carbocycles. The first kappa shape index (κ1) is 31.6. The van der Waals surface area contributed by atoms with Crippen molar-refractivity contribution in [3.63, 3.8) is 0 Å². The van der Waals surface area contributed by atoms with Crippen LogP contribution in [0.4, 0.5) is 37.8 Å². The highest BCUT2D eigenvalue weighted by Crippen LogP contribution is 2.48. The van der Waals surface area contributed by atoms with Crippen LogP contribution in [-0.4, -0.2) is 66.1 Å². The molecule has 44 heavy (non-hydrogen) atoms. The lowest BCUT2D eigenvalue weighted by Crippen LogP contribution is -2.44. The molecule has 14 heteroatoms. The lowest BCUT2D eigenvalue weighted by Gasteiger charge is -2.34. The van der Waals surface area contributed by atoms with E-state index >= 15 is 0 Å². The molecule has 234 valence electrons. The standard InChI is InChI=1S/C30H29F6N5O2S/c31-29(32,33)27-23(24(42)6-11-40-12-14-41(15-13-40)26-19-37-9-10-38-26)4-5-25(28(27)30(34,35)36)44-22-3-1-2-21(18-22)39-20-7-16-43-17-8-20/h1-6,9-11,18-20,39H,7-8,12-17H2. The van der Waals surface area contributed by atoms with Gasteiger partial charge in [0, 0.05) is 91.1 Å². The molecule has 0 bridgehead atoms. The third-order valence-electron chi connectivity index (χ3n) is 7.28. The molecule has 7 nitrogen and oxygen atoms in total. The third kappa shape index (κ3) is 7.83.